The van der Waals surface area contributed by atoms with Crippen molar-refractivity contribution in [1.29, 1.82) is 0 Å². The van der Waals surface area contributed by atoms with E-state index in [0.29, 0.717) is 0 Å². The molecule has 0 atom stereocenters. The quantitative estimate of drug-likeness (QED) is 0.202. The summed E-state index contributed by atoms with van der Waals surface area (Å²) in [4.78, 5) is 0. The summed E-state index contributed by atoms with van der Waals surface area (Å²) in [6, 6.07) is 63.4. The summed E-state index contributed by atoms with van der Waals surface area (Å²) in [5.41, 5.74) is 13.3. The summed E-state index contributed by atoms with van der Waals surface area (Å²) in [6.07, 6.45) is 0. The van der Waals surface area contributed by atoms with Crippen LogP contribution in [0.3, 0.4) is 0 Å². The van der Waals surface area contributed by atoms with E-state index in [1.807, 2.05) is 0 Å². The second kappa shape index (κ2) is 10.6. The van der Waals surface area contributed by atoms with E-state index >= 15 is 0 Å². The van der Waals surface area contributed by atoms with E-state index in [1.54, 1.807) is 0 Å². The van der Waals surface area contributed by atoms with E-state index in [0.717, 1.165) is 5.69 Å². The van der Waals surface area contributed by atoms with Crippen molar-refractivity contribution in [1.82, 2.24) is 4.57 Å². The van der Waals surface area contributed by atoms with Crippen LogP contribution in [0.25, 0.3) is 72.0 Å². The fourth-order valence-electron chi connectivity index (χ4n) is 6.27. The van der Waals surface area contributed by atoms with Gasteiger partial charge >= 0.3 is 0 Å². The second-order valence-electron chi connectivity index (χ2n) is 11.0. The molecule has 0 aliphatic carbocycles. The molecule has 0 aliphatic rings. The Morgan fingerprint density at radius 2 is 0.651 bits per heavy atom. The van der Waals surface area contributed by atoms with Gasteiger partial charge in [-0.25, -0.2) is 0 Å². The largest absolute Gasteiger partial charge is 0.309 e. The third-order valence-corrected chi connectivity index (χ3v) is 8.38. The molecule has 7 aromatic carbocycles. The zero-order valence-corrected chi connectivity index (χ0v) is 23.7. The van der Waals surface area contributed by atoms with Crippen LogP contribution in [-0.4, -0.2) is 4.57 Å². The molecule has 1 heteroatoms. The number of hydrogen-bond donors (Lipinski definition) is 0. The Balaban J connectivity index is 1.27. The van der Waals surface area contributed by atoms with Gasteiger partial charge in [0.2, 0.25) is 0 Å². The number of fused-ring (bicyclic) bond motifs is 3. The van der Waals surface area contributed by atoms with Crippen LogP contribution in [0.2, 0.25) is 0 Å². The first kappa shape index (κ1) is 25.1. The van der Waals surface area contributed by atoms with Gasteiger partial charge in [0.05, 0.1) is 11.0 Å². The molecular formula is C42H29N. The highest BCUT2D eigenvalue weighted by atomic mass is 15.0. The minimum Gasteiger partial charge on any atom is -0.309 e. The van der Waals surface area contributed by atoms with Crippen molar-refractivity contribution in [2.24, 2.45) is 0 Å². The van der Waals surface area contributed by atoms with Crippen LogP contribution in [0.1, 0.15) is 0 Å². The van der Waals surface area contributed by atoms with E-state index in [-0.39, 0.29) is 0 Å². The van der Waals surface area contributed by atoms with Crippen LogP contribution in [0.15, 0.2) is 176 Å². The fraction of sp³-hybridized carbons (Fsp3) is 0. The highest BCUT2D eigenvalue weighted by Gasteiger charge is 2.13. The highest BCUT2D eigenvalue weighted by Crippen LogP contribution is 2.36. The normalized spacial score (nSPS) is 11.3. The first-order valence-corrected chi connectivity index (χ1v) is 14.8. The van der Waals surface area contributed by atoms with Gasteiger partial charge in [0.25, 0.3) is 0 Å². The lowest BCUT2D eigenvalue weighted by molar-refractivity contribution is 1.18. The topological polar surface area (TPSA) is 4.93 Å². The molecule has 1 nitrogen and oxygen atoms in total. The monoisotopic (exact) mass is 547 g/mol. The van der Waals surface area contributed by atoms with Crippen molar-refractivity contribution in [2.45, 2.75) is 0 Å². The molecule has 8 rings (SSSR count). The zero-order valence-electron chi connectivity index (χ0n) is 23.7. The van der Waals surface area contributed by atoms with Crippen molar-refractivity contribution >= 4 is 21.8 Å². The summed E-state index contributed by atoms with van der Waals surface area (Å²) in [5, 5.41) is 2.55. The van der Waals surface area contributed by atoms with Crippen LogP contribution < -0.4 is 0 Å². The van der Waals surface area contributed by atoms with E-state index in [4.69, 9.17) is 0 Å². The van der Waals surface area contributed by atoms with Gasteiger partial charge in [-0.1, -0.05) is 133 Å². The van der Waals surface area contributed by atoms with Gasteiger partial charge in [-0.3, -0.25) is 0 Å². The predicted molar refractivity (Wildman–Crippen MR) is 183 cm³/mol. The Hall–Kier alpha value is -5.66. The summed E-state index contributed by atoms with van der Waals surface area (Å²) in [5.74, 6) is 0. The molecule has 0 bridgehead atoms. The Morgan fingerprint density at radius 1 is 0.256 bits per heavy atom. The summed E-state index contributed by atoms with van der Waals surface area (Å²) in [7, 11) is 0. The van der Waals surface area contributed by atoms with Gasteiger partial charge in [0.1, 0.15) is 0 Å². The van der Waals surface area contributed by atoms with E-state index in [9.17, 15) is 0 Å². The van der Waals surface area contributed by atoms with Crippen molar-refractivity contribution in [3.63, 3.8) is 0 Å². The fourth-order valence-corrected chi connectivity index (χ4v) is 6.27. The van der Waals surface area contributed by atoms with Gasteiger partial charge < -0.3 is 4.57 Å². The molecule has 0 unspecified atom stereocenters. The molecule has 8 aromatic rings. The molecule has 0 saturated heterocycles. The Morgan fingerprint density at radius 3 is 1.21 bits per heavy atom. The average molecular weight is 548 g/mol. The van der Waals surface area contributed by atoms with Crippen molar-refractivity contribution in [2.75, 3.05) is 0 Å². The Bertz CT molecular complexity index is 2150. The number of nitrogens with zero attached hydrogens (tertiary/aromatic N) is 1. The number of rotatable bonds is 5. The molecule has 1 heterocycles. The van der Waals surface area contributed by atoms with Gasteiger partial charge in [0.15, 0.2) is 0 Å². The molecule has 0 saturated carbocycles. The van der Waals surface area contributed by atoms with Crippen LogP contribution in [0.4, 0.5) is 0 Å². The molecule has 43 heavy (non-hydrogen) atoms. The summed E-state index contributed by atoms with van der Waals surface area (Å²) in [6.45, 7) is 0. The van der Waals surface area contributed by atoms with E-state index in [2.05, 4.69) is 180 Å². The molecule has 0 spiro atoms. The first-order valence-electron chi connectivity index (χ1n) is 14.8. The molecule has 0 radical (unpaired) electrons. The first-order chi connectivity index (χ1) is 21.3. The van der Waals surface area contributed by atoms with Crippen LogP contribution in [0, 0.1) is 0 Å². The number of aromatic nitrogens is 1. The standard InChI is InChI=1S/C42H29N/c1-3-12-30(13-4-1)32-22-24-33(25-23-32)36-26-35(31-14-5-2-6-15-31)27-37(28-36)34-16-11-17-38(29-34)43-41-20-9-7-18-39(41)40-19-8-10-21-42(40)43/h1-29H. The average Bonchev–Trinajstić information content (AvgIpc) is 3.43. The molecule has 0 amide bonds. The van der Waals surface area contributed by atoms with Crippen molar-refractivity contribution in [3.8, 4) is 50.2 Å². The van der Waals surface area contributed by atoms with Gasteiger partial charge in [0, 0.05) is 16.5 Å². The number of benzene rings is 7. The van der Waals surface area contributed by atoms with Crippen molar-refractivity contribution < 1.29 is 0 Å². The SMILES string of the molecule is c1ccc(-c2ccc(-c3cc(-c4ccccc4)cc(-c4cccc(-n5c6ccccc6c6ccccc65)c4)c3)cc2)cc1. The van der Waals surface area contributed by atoms with Crippen LogP contribution in [-0.2, 0) is 0 Å². The summed E-state index contributed by atoms with van der Waals surface area (Å²) >= 11 is 0. The maximum absolute atomic E-state index is 2.39. The maximum Gasteiger partial charge on any atom is 0.0541 e. The van der Waals surface area contributed by atoms with E-state index in [1.165, 1.54) is 66.3 Å². The van der Waals surface area contributed by atoms with Gasteiger partial charge in [-0.2, -0.15) is 0 Å². The molecular weight excluding hydrogens is 518 g/mol. The van der Waals surface area contributed by atoms with Gasteiger partial charge in [-0.05, 0) is 87.0 Å². The lowest BCUT2D eigenvalue weighted by Crippen LogP contribution is -1.94. The second-order valence-corrected chi connectivity index (χ2v) is 11.0. The molecule has 0 fully saturated rings. The third-order valence-electron chi connectivity index (χ3n) is 8.38. The molecule has 1 aromatic heterocycles. The third kappa shape index (κ3) is 4.62. The lowest BCUT2D eigenvalue weighted by atomic mass is 9.92. The number of hydrogen-bond acceptors (Lipinski definition) is 0. The minimum absolute atomic E-state index is 1.16. The molecule has 0 N–H and O–H groups in total. The highest BCUT2D eigenvalue weighted by molar-refractivity contribution is 6.09. The Kier molecular flexibility index (Phi) is 6.20. The smallest absolute Gasteiger partial charge is 0.0541 e. The predicted octanol–water partition coefficient (Wildman–Crippen LogP) is 11.5. The van der Waals surface area contributed by atoms with Crippen molar-refractivity contribution in [3.05, 3.63) is 176 Å². The van der Waals surface area contributed by atoms with Crippen LogP contribution in [0.5, 0.6) is 0 Å². The minimum atomic E-state index is 1.16. The number of para-hydroxylation sites is 2. The lowest BCUT2D eigenvalue weighted by Gasteiger charge is -2.14. The molecule has 0 aliphatic heterocycles. The van der Waals surface area contributed by atoms with E-state index < -0.39 is 0 Å². The molecule has 202 valence electrons. The van der Waals surface area contributed by atoms with Crippen LogP contribution >= 0.6 is 0 Å². The Labute approximate surface area is 251 Å². The maximum atomic E-state index is 2.39. The van der Waals surface area contributed by atoms with Gasteiger partial charge in [-0.15, -0.1) is 0 Å². The zero-order chi connectivity index (χ0) is 28.6. The summed E-state index contributed by atoms with van der Waals surface area (Å²) < 4.78 is 2.39.